The molecular formula is C13H19NS. The third kappa shape index (κ3) is 2.56. The maximum Gasteiger partial charge on any atom is 0.0332 e. The maximum atomic E-state index is 3.30. The smallest absolute Gasteiger partial charge is 0.0332 e. The van der Waals surface area contributed by atoms with Crippen LogP contribution in [0.4, 0.5) is 0 Å². The first-order valence-electron chi connectivity index (χ1n) is 5.56. The van der Waals surface area contributed by atoms with E-state index in [0.29, 0.717) is 4.75 Å². The molecule has 1 aromatic carbocycles. The third-order valence-corrected chi connectivity index (χ3v) is 4.62. The van der Waals surface area contributed by atoms with E-state index < -0.39 is 0 Å². The molecule has 1 aliphatic carbocycles. The molecule has 0 amide bonds. The topological polar surface area (TPSA) is 12.0 Å². The molecule has 1 aliphatic rings. The summed E-state index contributed by atoms with van der Waals surface area (Å²) in [5.74, 6) is 0. The lowest BCUT2D eigenvalue weighted by molar-refractivity contribution is 0.751. The van der Waals surface area contributed by atoms with Gasteiger partial charge in [-0.25, -0.2) is 0 Å². The quantitative estimate of drug-likeness (QED) is 0.838. The third-order valence-electron chi connectivity index (χ3n) is 2.98. The summed E-state index contributed by atoms with van der Waals surface area (Å²) in [7, 11) is 2.05. The monoisotopic (exact) mass is 221 g/mol. The predicted molar refractivity (Wildman–Crippen MR) is 67.7 cm³/mol. The van der Waals surface area contributed by atoms with Crippen molar-refractivity contribution in [2.45, 2.75) is 36.3 Å². The van der Waals surface area contributed by atoms with E-state index in [4.69, 9.17) is 0 Å². The minimum Gasteiger partial charge on any atom is -0.318 e. The first-order chi connectivity index (χ1) is 7.15. The lowest BCUT2D eigenvalue weighted by Gasteiger charge is -2.16. The lowest BCUT2D eigenvalue weighted by Crippen LogP contribution is -2.22. The van der Waals surface area contributed by atoms with E-state index >= 15 is 0 Å². The molecule has 1 aromatic rings. The van der Waals surface area contributed by atoms with Gasteiger partial charge in [0.1, 0.15) is 0 Å². The average Bonchev–Trinajstić information content (AvgIpc) is 2.92. The number of hydrogen-bond donors (Lipinski definition) is 1. The van der Waals surface area contributed by atoms with Crippen LogP contribution in [0.5, 0.6) is 0 Å². The molecule has 1 fully saturated rings. The van der Waals surface area contributed by atoms with Gasteiger partial charge in [0.2, 0.25) is 0 Å². The Kier molecular flexibility index (Phi) is 3.08. The zero-order chi connectivity index (χ0) is 10.9. The second kappa shape index (κ2) is 4.18. The van der Waals surface area contributed by atoms with E-state index in [0.717, 1.165) is 6.54 Å². The number of benzene rings is 1. The van der Waals surface area contributed by atoms with Crippen molar-refractivity contribution in [3.8, 4) is 0 Å². The second-order valence-corrected chi connectivity index (χ2v) is 6.09. The highest BCUT2D eigenvalue weighted by Gasteiger charge is 2.43. The van der Waals surface area contributed by atoms with Crippen molar-refractivity contribution in [3.05, 3.63) is 29.3 Å². The van der Waals surface area contributed by atoms with E-state index in [1.807, 2.05) is 7.05 Å². The molecule has 0 aromatic heterocycles. The van der Waals surface area contributed by atoms with E-state index in [1.54, 1.807) is 0 Å². The first kappa shape index (κ1) is 11.0. The predicted octanol–water partition coefficient (Wildman–Crippen LogP) is 3.15. The van der Waals surface area contributed by atoms with Gasteiger partial charge in [-0.1, -0.05) is 17.7 Å². The van der Waals surface area contributed by atoms with E-state index in [1.165, 1.54) is 28.9 Å². The molecule has 2 heteroatoms. The van der Waals surface area contributed by atoms with Gasteiger partial charge >= 0.3 is 0 Å². The van der Waals surface area contributed by atoms with Gasteiger partial charge in [0, 0.05) is 16.2 Å². The van der Waals surface area contributed by atoms with Gasteiger partial charge in [0.05, 0.1) is 0 Å². The van der Waals surface area contributed by atoms with Crippen molar-refractivity contribution < 1.29 is 0 Å². The molecule has 1 nitrogen and oxygen atoms in total. The van der Waals surface area contributed by atoms with E-state index in [9.17, 15) is 0 Å². The Bertz CT molecular complexity index is 356. The van der Waals surface area contributed by atoms with Crippen molar-refractivity contribution in [1.29, 1.82) is 0 Å². The molecule has 0 atom stereocenters. The average molecular weight is 221 g/mol. The molecule has 0 aliphatic heterocycles. The van der Waals surface area contributed by atoms with Crippen LogP contribution in [0.3, 0.4) is 0 Å². The van der Waals surface area contributed by atoms with Crippen LogP contribution in [0.2, 0.25) is 0 Å². The van der Waals surface area contributed by atoms with Crippen molar-refractivity contribution >= 4 is 11.8 Å². The number of nitrogens with one attached hydrogen (secondary N) is 1. The Morgan fingerprint density at radius 3 is 2.67 bits per heavy atom. The Morgan fingerprint density at radius 1 is 1.33 bits per heavy atom. The minimum absolute atomic E-state index is 0.493. The summed E-state index contributed by atoms with van der Waals surface area (Å²) < 4.78 is 0.493. The van der Waals surface area contributed by atoms with E-state index in [-0.39, 0.29) is 0 Å². The molecule has 0 unspecified atom stereocenters. The molecule has 1 N–H and O–H groups in total. The van der Waals surface area contributed by atoms with Gasteiger partial charge in [-0.3, -0.25) is 0 Å². The number of aryl methyl sites for hydroxylation is 2. The van der Waals surface area contributed by atoms with Crippen LogP contribution in [0, 0.1) is 13.8 Å². The molecular weight excluding hydrogens is 202 g/mol. The first-order valence-corrected chi connectivity index (χ1v) is 6.38. The normalized spacial score (nSPS) is 17.8. The molecule has 0 radical (unpaired) electrons. The summed E-state index contributed by atoms with van der Waals surface area (Å²) in [5, 5.41) is 3.30. The molecule has 82 valence electrons. The van der Waals surface area contributed by atoms with Crippen LogP contribution in [0.15, 0.2) is 23.1 Å². The standard InChI is InChI=1S/C13H19NS/c1-10-4-5-11(2)12(8-10)15-13(6-7-13)9-14-3/h4-5,8,14H,6-7,9H2,1-3H3. The van der Waals surface area contributed by atoms with Crippen LogP contribution in [-0.4, -0.2) is 18.3 Å². The fraction of sp³-hybridized carbons (Fsp3) is 0.538. The Morgan fingerprint density at radius 2 is 2.07 bits per heavy atom. The van der Waals surface area contributed by atoms with Crippen molar-refractivity contribution in [2.75, 3.05) is 13.6 Å². The fourth-order valence-corrected chi connectivity index (χ4v) is 3.29. The molecule has 0 saturated heterocycles. The van der Waals surface area contributed by atoms with Crippen molar-refractivity contribution in [1.82, 2.24) is 5.32 Å². The fourth-order valence-electron chi connectivity index (χ4n) is 1.83. The minimum atomic E-state index is 0.493. The highest BCUT2D eigenvalue weighted by atomic mass is 32.2. The van der Waals surface area contributed by atoms with Crippen LogP contribution in [0.25, 0.3) is 0 Å². The van der Waals surface area contributed by atoms with Gasteiger partial charge in [0.25, 0.3) is 0 Å². The zero-order valence-corrected chi connectivity index (χ0v) is 10.6. The summed E-state index contributed by atoms with van der Waals surface area (Å²) in [6.07, 6.45) is 2.71. The van der Waals surface area contributed by atoms with E-state index in [2.05, 4.69) is 49.1 Å². The van der Waals surface area contributed by atoms with Crippen LogP contribution < -0.4 is 5.32 Å². The molecule has 2 rings (SSSR count). The summed E-state index contributed by atoms with van der Waals surface area (Å²) in [6.45, 7) is 5.50. The second-order valence-electron chi connectivity index (χ2n) is 4.58. The van der Waals surface area contributed by atoms with Gasteiger partial charge in [-0.05, 0) is 45.4 Å². The Balaban J connectivity index is 2.13. The highest BCUT2D eigenvalue weighted by molar-refractivity contribution is 8.01. The molecule has 1 saturated carbocycles. The largest absolute Gasteiger partial charge is 0.318 e. The molecule has 0 heterocycles. The molecule has 0 spiro atoms. The number of hydrogen-bond acceptors (Lipinski definition) is 2. The highest BCUT2D eigenvalue weighted by Crippen LogP contribution is 2.51. The Hall–Kier alpha value is -0.470. The summed E-state index contributed by atoms with van der Waals surface area (Å²) in [5.41, 5.74) is 2.77. The van der Waals surface area contributed by atoms with Gasteiger partial charge in [-0.2, -0.15) is 0 Å². The molecule has 15 heavy (non-hydrogen) atoms. The Labute approximate surface area is 96.7 Å². The summed E-state index contributed by atoms with van der Waals surface area (Å²) >= 11 is 2.06. The number of rotatable bonds is 4. The van der Waals surface area contributed by atoms with Crippen molar-refractivity contribution in [3.63, 3.8) is 0 Å². The SMILES string of the molecule is CNCC1(Sc2cc(C)ccc2C)CC1. The van der Waals surface area contributed by atoms with Gasteiger partial charge < -0.3 is 5.32 Å². The number of thioether (sulfide) groups is 1. The maximum absolute atomic E-state index is 3.30. The van der Waals surface area contributed by atoms with Crippen LogP contribution in [-0.2, 0) is 0 Å². The zero-order valence-electron chi connectivity index (χ0n) is 9.76. The van der Waals surface area contributed by atoms with Crippen LogP contribution >= 0.6 is 11.8 Å². The van der Waals surface area contributed by atoms with Crippen LogP contribution in [0.1, 0.15) is 24.0 Å². The summed E-state index contributed by atoms with van der Waals surface area (Å²) in [4.78, 5) is 1.46. The van der Waals surface area contributed by atoms with Crippen molar-refractivity contribution in [2.24, 2.45) is 0 Å². The summed E-state index contributed by atoms with van der Waals surface area (Å²) in [6, 6.07) is 6.74. The van der Waals surface area contributed by atoms with Gasteiger partial charge in [0.15, 0.2) is 0 Å². The van der Waals surface area contributed by atoms with Gasteiger partial charge in [-0.15, -0.1) is 11.8 Å². The molecule has 0 bridgehead atoms. The lowest BCUT2D eigenvalue weighted by atomic mass is 10.2.